The van der Waals surface area contributed by atoms with Crippen LogP contribution in [0.15, 0.2) is 24.3 Å². The maximum atomic E-state index is 9.90. The lowest BCUT2D eigenvalue weighted by Crippen LogP contribution is -2.23. The van der Waals surface area contributed by atoms with E-state index in [1.807, 2.05) is 6.07 Å². The molecule has 0 spiro atoms. The molecule has 0 amide bonds. The molecule has 1 rings (SSSR count). The lowest BCUT2D eigenvalue weighted by atomic mass is 10.1. The molecule has 2 unspecified atom stereocenters. The molecule has 4 heteroatoms. The number of aliphatic hydroxyl groups is 2. The van der Waals surface area contributed by atoms with Gasteiger partial charge in [0.1, 0.15) is 0 Å². The smallest absolute Gasteiger partial charge is 0.0991 e. The summed E-state index contributed by atoms with van der Waals surface area (Å²) < 4.78 is 0. The Balaban J connectivity index is 2.27. The van der Waals surface area contributed by atoms with Crippen LogP contribution in [0.3, 0.4) is 0 Å². The highest BCUT2D eigenvalue weighted by atomic mass is 16.3. The highest BCUT2D eigenvalue weighted by Gasteiger charge is 2.06. The van der Waals surface area contributed by atoms with Gasteiger partial charge in [0, 0.05) is 6.54 Å². The van der Waals surface area contributed by atoms with E-state index in [9.17, 15) is 5.11 Å². The Bertz CT molecular complexity index is 382. The fraction of sp³-hybridized carbons (Fsp3) is 0.500. The van der Waals surface area contributed by atoms with Gasteiger partial charge in [-0.3, -0.25) is 0 Å². The van der Waals surface area contributed by atoms with E-state index < -0.39 is 6.10 Å². The zero-order valence-electron chi connectivity index (χ0n) is 10.6. The summed E-state index contributed by atoms with van der Waals surface area (Å²) in [5.41, 5.74) is 1.40. The van der Waals surface area contributed by atoms with E-state index in [1.165, 1.54) is 0 Å². The van der Waals surface area contributed by atoms with E-state index in [-0.39, 0.29) is 6.10 Å². The van der Waals surface area contributed by atoms with Gasteiger partial charge in [0.15, 0.2) is 0 Å². The molecule has 0 fully saturated rings. The minimum Gasteiger partial charge on any atom is -0.393 e. The quantitative estimate of drug-likeness (QED) is 0.636. The highest BCUT2D eigenvalue weighted by molar-refractivity contribution is 5.32. The molecule has 1 aromatic rings. The molecule has 0 aliphatic carbocycles. The van der Waals surface area contributed by atoms with Crippen molar-refractivity contribution >= 4 is 0 Å². The average molecular weight is 248 g/mol. The topological polar surface area (TPSA) is 76.3 Å². The number of aliphatic hydroxyl groups excluding tert-OH is 2. The van der Waals surface area contributed by atoms with Gasteiger partial charge in [-0.15, -0.1) is 0 Å². The minimum absolute atomic E-state index is 0.268. The first kappa shape index (κ1) is 14.7. The zero-order chi connectivity index (χ0) is 13.4. The Kier molecular flexibility index (Phi) is 6.37. The second-order valence-electron chi connectivity index (χ2n) is 4.44. The van der Waals surface area contributed by atoms with Crippen LogP contribution in [0.1, 0.15) is 37.0 Å². The molecule has 2 atom stereocenters. The molecule has 98 valence electrons. The summed E-state index contributed by atoms with van der Waals surface area (Å²) in [5, 5.41) is 30.8. The highest BCUT2D eigenvalue weighted by Crippen LogP contribution is 2.12. The van der Waals surface area contributed by atoms with E-state index in [0.717, 1.165) is 24.9 Å². The molecule has 0 heterocycles. The van der Waals surface area contributed by atoms with Crippen LogP contribution in [0.4, 0.5) is 0 Å². The number of nitrogens with one attached hydrogen (secondary N) is 1. The molecule has 0 aromatic heterocycles. The van der Waals surface area contributed by atoms with Crippen molar-refractivity contribution < 1.29 is 10.2 Å². The summed E-state index contributed by atoms with van der Waals surface area (Å²) in [6, 6.07) is 8.97. The maximum Gasteiger partial charge on any atom is 0.0991 e. The van der Waals surface area contributed by atoms with Crippen LogP contribution in [-0.4, -0.2) is 29.4 Å². The molecule has 0 saturated heterocycles. The van der Waals surface area contributed by atoms with Crippen LogP contribution in [-0.2, 0) is 0 Å². The molecule has 4 nitrogen and oxygen atoms in total. The number of hydrogen-bond acceptors (Lipinski definition) is 4. The molecular formula is C14H20N2O2. The molecular weight excluding hydrogens is 228 g/mol. The average Bonchev–Trinajstić information content (AvgIpc) is 2.38. The summed E-state index contributed by atoms with van der Waals surface area (Å²) in [6.07, 6.45) is 0.817. The second kappa shape index (κ2) is 7.83. The summed E-state index contributed by atoms with van der Waals surface area (Å²) in [5.74, 6) is 0. The molecule has 18 heavy (non-hydrogen) atoms. The van der Waals surface area contributed by atoms with Gasteiger partial charge < -0.3 is 15.5 Å². The van der Waals surface area contributed by atoms with Crippen molar-refractivity contribution in [2.45, 2.75) is 32.0 Å². The van der Waals surface area contributed by atoms with Crippen LogP contribution in [0.2, 0.25) is 0 Å². The van der Waals surface area contributed by atoms with E-state index in [1.54, 1.807) is 31.2 Å². The van der Waals surface area contributed by atoms with E-state index >= 15 is 0 Å². The number of nitriles is 1. The van der Waals surface area contributed by atoms with Crippen molar-refractivity contribution in [1.82, 2.24) is 5.32 Å². The van der Waals surface area contributed by atoms with Crippen LogP contribution in [0.25, 0.3) is 0 Å². The number of nitrogens with zero attached hydrogens (tertiary/aromatic N) is 1. The largest absolute Gasteiger partial charge is 0.393 e. The molecule has 3 N–H and O–H groups in total. The van der Waals surface area contributed by atoms with E-state index in [4.69, 9.17) is 10.4 Å². The first-order valence-corrected chi connectivity index (χ1v) is 6.20. The van der Waals surface area contributed by atoms with Crippen molar-refractivity contribution in [2.24, 2.45) is 0 Å². The van der Waals surface area contributed by atoms with Gasteiger partial charge in [0.05, 0.1) is 23.8 Å². The van der Waals surface area contributed by atoms with Gasteiger partial charge >= 0.3 is 0 Å². The normalized spacial score (nSPS) is 13.9. The summed E-state index contributed by atoms with van der Waals surface area (Å²) >= 11 is 0. The Morgan fingerprint density at radius 1 is 1.28 bits per heavy atom. The van der Waals surface area contributed by atoms with Crippen LogP contribution < -0.4 is 5.32 Å². The van der Waals surface area contributed by atoms with Gasteiger partial charge in [-0.1, -0.05) is 12.1 Å². The first-order valence-electron chi connectivity index (χ1n) is 6.20. The molecule has 0 radical (unpaired) electrons. The minimum atomic E-state index is -0.565. The standard InChI is InChI=1S/C14H20N2O2/c1-11(17)3-2-8-16-10-14(18)13-6-4-12(9-15)5-7-13/h4-7,11,14,16-18H,2-3,8,10H2,1H3. The lowest BCUT2D eigenvalue weighted by molar-refractivity contribution is 0.168. The lowest BCUT2D eigenvalue weighted by Gasteiger charge is -2.12. The van der Waals surface area contributed by atoms with Crippen LogP contribution >= 0.6 is 0 Å². The molecule has 0 aliphatic heterocycles. The number of rotatable bonds is 7. The Labute approximate surface area is 108 Å². The van der Waals surface area contributed by atoms with Crippen LogP contribution in [0.5, 0.6) is 0 Å². The van der Waals surface area contributed by atoms with Crippen LogP contribution in [0, 0.1) is 11.3 Å². The van der Waals surface area contributed by atoms with Crippen molar-refractivity contribution in [2.75, 3.05) is 13.1 Å². The fourth-order valence-electron chi connectivity index (χ4n) is 1.66. The SMILES string of the molecule is CC(O)CCCNCC(O)c1ccc(C#N)cc1. The fourth-order valence-corrected chi connectivity index (χ4v) is 1.66. The van der Waals surface area contributed by atoms with Crippen molar-refractivity contribution in [3.8, 4) is 6.07 Å². The third-order valence-corrected chi connectivity index (χ3v) is 2.74. The number of benzene rings is 1. The molecule has 0 aliphatic rings. The predicted octanol–water partition coefficient (Wildman–Crippen LogP) is 1.34. The molecule has 0 bridgehead atoms. The summed E-state index contributed by atoms with van der Waals surface area (Å²) in [4.78, 5) is 0. The second-order valence-corrected chi connectivity index (χ2v) is 4.44. The third-order valence-electron chi connectivity index (χ3n) is 2.74. The van der Waals surface area contributed by atoms with Gasteiger partial charge in [-0.2, -0.15) is 5.26 Å². The molecule has 1 aromatic carbocycles. The van der Waals surface area contributed by atoms with Gasteiger partial charge in [0.2, 0.25) is 0 Å². The predicted molar refractivity (Wildman–Crippen MR) is 69.9 cm³/mol. The number of hydrogen-bond donors (Lipinski definition) is 3. The maximum absolute atomic E-state index is 9.90. The Morgan fingerprint density at radius 2 is 1.94 bits per heavy atom. The van der Waals surface area contributed by atoms with E-state index in [2.05, 4.69) is 5.32 Å². The summed E-state index contributed by atoms with van der Waals surface area (Å²) in [6.45, 7) is 3.02. The van der Waals surface area contributed by atoms with Gasteiger partial charge in [-0.05, 0) is 44.0 Å². The Hall–Kier alpha value is -1.41. The van der Waals surface area contributed by atoms with Gasteiger partial charge in [0.25, 0.3) is 0 Å². The third kappa shape index (κ3) is 5.28. The van der Waals surface area contributed by atoms with E-state index in [0.29, 0.717) is 12.1 Å². The summed E-state index contributed by atoms with van der Waals surface area (Å²) in [7, 11) is 0. The Morgan fingerprint density at radius 3 is 2.50 bits per heavy atom. The van der Waals surface area contributed by atoms with Crippen molar-refractivity contribution in [1.29, 1.82) is 5.26 Å². The van der Waals surface area contributed by atoms with Crippen molar-refractivity contribution in [3.63, 3.8) is 0 Å². The molecule has 0 saturated carbocycles. The first-order chi connectivity index (χ1) is 8.63. The monoisotopic (exact) mass is 248 g/mol. The zero-order valence-corrected chi connectivity index (χ0v) is 10.6. The van der Waals surface area contributed by atoms with Gasteiger partial charge in [-0.25, -0.2) is 0 Å². The van der Waals surface area contributed by atoms with Crippen molar-refractivity contribution in [3.05, 3.63) is 35.4 Å².